The highest BCUT2D eigenvalue weighted by Crippen LogP contribution is 2.17. The lowest BCUT2D eigenvalue weighted by molar-refractivity contribution is 0.258. The van der Waals surface area contributed by atoms with Crippen LogP contribution in [0.3, 0.4) is 0 Å². The summed E-state index contributed by atoms with van der Waals surface area (Å²) >= 11 is 0. The molecule has 25 heavy (non-hydrogen) atoms. The van der Waals surface area contributed by atoms with E-state index in [1.807, 2.05) is 50.5 Å². The fourth-order valence-electron chi connectivity index (χ4n) is 2.36. The largest absolute Gasteiger partial charge is 0.497 e. The van der Waals surface area contributed by atoms with E-state index in [1.165, 1.54) is 0 Å². The van der Waals surface area contributed by atoms with E-state index in [-0.39, 0.29) is 30.0 Å². The van der Waals surface area contributed by atoms with E-state index in [9.17, 15) is 0 Å². The van der Waals surface area contributed by atoms with E-state index in [1.54, 1.807) is 20.4 Å². The summed E-state index contributed by atoms with van der Waals surface area (Å²) in [4.78, 5) is 6.38. The van der Waals surface area contributed by atoms with E-state index in [4.69, 9.17) is 9.15 Å². The van der Waals surface area contributed by atoms with Gasteiger partial charge in [0.05, 0.1) is 19.4 Å². The second-order valence-corrected chi connectivity index (χ2v) is 5.65. The maximum atomic E-state index is 5.52. The third-order valence-electron chi connectivity index (χ3n) is 3.80. The van der Waals surface area contributed by atoms with Crippen molar-refractivity contribution >= 4 is 29.9 Å². The predicted octanol–water partition coefficient (Wildman–Crippen LogP) is 2.87. The molecule has 0 radical (unpaired) electrons. The Hall–Kier alpha value is -1.74. The number of likely N-dealkylation sites (N-methyl/N-ethyl adjacent to an activating group) is 1. The normalized spacial score (nSPS) is 12.4. The Bertz CT molecular complexity index is 627. The van der Waals surface area contributed by atoms with Crippen LogP contribution in [0, 0.1) is 0 Å². The first-order chi connectivity index (χ1) is 11.6. The number of furan rings is 1. The number of ether oxygens (including phenoxy) is 1. The van der Waals surface area contributed by atoms with Crippen LogP contribution in [0.15, 0.2) is 52.1 Å². The van der Waals surface area contributed by atoms with Gasteiger partial charge in [-0.15, -0.1) is 24.0 Å². The molecule has 0 aliphatic heterocycles. The first-order valence-corrected chi connectivity index (χ1v) is 7.91. The van der Waals surface area contributed by atoms with Crippen LogP contribution in [-0.2, 0) is 6.54 Å². The van der Waals surface area contributed by atoms with Crippen LogP contribution in [0.1, 0.15) is 17.4 Å². The van der Waals surface area contributed by atoms with Crippen molar-refractivity contribution in [3.63, 3.8) is 0 Å². The zero-order valence-corrected chi connectivity index (χ0v) is 17.5. The Morgan fingerprint density at radius 1 is 1.20 bits per heavy atom. The quantitative estimate of drug-likeness (QED) is 0.380. The van der Waals surface area contributed by atoms with Crippen molar-refractivity contribution in [2.24, 2.45) is 4.99 Å². The highest BCUT2D eigenvalue weighted by atomic mass is 127. The number of methoxy groups -OCH3 is 1. The topological polar surface area (TPSA) is 62.0 Å². The molecule has 2 rings (SSSR count). The Morgan fingerprint density at radius 3 is 2.44 bits per heavy atom. The van der Waals surface area contributed by atoms with Gasteiger partial charge in [0.25, 0.3) is 0 Å². The monoisotopic (exact) mass is 458 g/mol. The second-order valence-electron chi connectivity index (χ2n) is 5.65. The standard InChI is InChI=1S/C18H26N4O2.HI/c1-19-18(20-12-14-7-9-15(23-4)10-8-14)21-13-16(22(2)3)17-6-5-11-24-17;/h5-11,16H,12-13H2,1-4H3,(H2,19,20,21);1H. The minimum Gasteiger partial charge on any atom is -0.497 e. The van der Waals surface area contributed by atoms with Crippen molar-refractivity contribution in [2.75, 3.05) is 34.8 Å². The Balaban J connectivity index is 0.00000312. The van der Waals surface area contributed by atoms with Crippen LogP contribution >= 0.6 is 24.0 Å². The molecule has 0 saturated heterocycles. The molecule has 138 valence electrons. The number of halogens is 1. The average molecular weight is 458 g/mol. The molecule has 0 saturated carbocycles. The summed E-state index contributed by atoms with van der Waals surface area (Å²) in [6, 6.07) is 12.0. The summed E-state index contributed by atoms with van der Waals surface area (Å²) < 4.78 is 10.7. The van der Waals surface area contributed by atoms with Gasteiger partial charge in [0.2, 0.25) is 0 Å². The first-order valence-electron chi connectivity index (χ1n) is 7.91. The molecular formula is C18H27IN4O2. The van der Waals surface area contributed by atoms with E-state index < -0.39 is 0 Å². The van der Waals surface area contributed by atoms with Gasteiger partial charge in [-0.1, -0.05) is 12.1 Å². The molecule has 7 heteroatoms. The zero-order chi connectivity index (χ0) is 17.4. The maximum Gasteiger partial charge on any atom is 0.191 e. The van der Waals surface area contributed by atoms with Gasteiger partial charge in [0, 0.05) is 20.1 Å². The molecule has 0 amide bonds. The fraction of sp³-hybridized carbons (Fsp3) is 0.389. The summed E-state index contributed by atoms with van der Waals surface area (Å²) in [5.74, 6) is 2.54. The third-order valence-corrected chi connectivity index (χ3v) is 3.80. The zero-order valence-electron chi connectivity index (χ0n) is 15.2. The molecule has 1 unspecified atom stereocenters. The van der Waals surface area contributed by atoms with Gasteiger partial charge in [0.1, 0.15) is 11.5 Å². The lowest BCUT2D eigenvalue weighted by Gasteiger charge is -2.23. The van der Waals surface area contributed by atoms with E-state index in [2.05, 4.69) is 20.5 Å². The van der Waals surface area contributed by atoms with Crippen LogP contribution in [-0.4, -0.2) is 45.7 Å². The number of aliphatic imine (C=N–C) groups is 1. The molecule has 1 atom stereocenters. The molecule has 0 aliphatic carbocycles. The Labute approximate surface area is 166 Å². The summed E-state index contributed by atoms with van der Waals surface area (Å²) in [5, 5.41) is 6.66. The van der Waals surface area contributed by atoms with Gasteiger partial charge < -0.3 is 19.8 Å². The number of rotatable bonds is 7. The highest BCUT2D eigenvalue weighted by molar-refractivity contribution is 14.0. The summed E-state index contributed by atoms with van der Waals surface area (Å²) in [6.07, 6.45) is 1.70. The summed E-state index contributed by atoms with van der Waals surface area (Å²) in [5.41, 5.74) is 1.16. The van der Waals surface area contributed by atoms with E-state index >= 15 is 0 Å². The maximum absolute atomic E-state index is 5.52. The van der Waals surface area contributed by atoms with Gasteiger partial charge in [-0.05, 0) is 43.9 Å². The van der Waals surface area contributed by atoms with Gasteiger partial charge in [-0.25, -0.2) is 0 Å². The lowest BCUT2D eigenvalue weighted by atomic mass is 10.2. The molecule has 0 fully saturated rings. The van der Waals surface area contributed by atoms with Crippen molar-refractivity contribution in [2.45, 2.75) is 12.6 Å². The molecule has 0 aliphatic rings. The number of nitrogens with zero attached hydrogens (tertiary/aromatic N) is 2. The molecule has 1 aromatic carbocycles. The first kappa shape index (κ1) is 21.3. The number of hydrogen-bond donors (Lipinski definition) is 2. The van der Waals surface area contributed by atoms with Gasteiger partial charge >= 0.3 is 0 Å². The molecule has 1 heterocycles. The SMILES string of the molecule is CN=C(NCc1ccc(OC)cc1)NCC(c1ccco1)N(C)C.I. The Kier molecular flexibility index (Phi) is 9.36. The molecule has 0 bridgehead atoms. The minimum atomic E-state index is 0. The van der Waals surface area contributed by atoms with Gasteiger partial charge in [0.15, 0.2) is 5.96 Å². The minimum absolute atomic E-state index is 0. The smallest absolute Gasteiger partial charge is 0.191 e. The average Bonchev–Trinajstić information content (AvgIpc) is 3.12. The van der Waals surface area contributed by atoms with Crippen LogP contribution in [0.25, 0.3) is 0 Å². The number of hydrogen-bond acceptors (Lipinski definition) is 4. The molecular weight excluding hydrogens is 431 g/mol. The van der Waals surface area contributed by atoms with E-state index in [0.29, 0.717) is 13.1 Å². The van der Waals surface area contributed by atoms with Crippen molar-refractivity contribution in [1.29, 1.82) is 0 Å². The summed E-state index contributed by atoms with van der Waals surface area (Å²) in [7, 11) is 7.49. The van der Waals surface area contributed by atoms with Crippen molar-refractivity contribution in [3.05, 3.63) is 54.0 Å². The predicted molar refractivity (Wildman–Crippen MR) is 112 cm³/mol. The highest BCUT2D eigenvalue weighted by Gasteiger charge is 2.17. The lowest BCUT2D eigenvalue weighted by Crippen LogP contribution is -2.41. The van der Waals surface area contributed by atoms with E-state index in [0.717, 1.165) is 23.0 Å². The van der Waals surface area contributed by atoms with Crippen LogP contribution in [0.2, 0.25) is 0 Å². The molecule has 6 nitrogen and oxygen atoms in total. The second kappa shape index (κ2) is 11.0. The third kappa shape index (κ3) is 6.58. The summed E-state index contributed by atoms with van der Waals surface area (Å²) in [6.45, 7) is 1.39. The Morgan fingerprint density at radius 2 is 1.92 bits per heavy atom. The van der Waals surface area contributed by atoms with Crippen molar-refractivity contribution in [3.8, 4) is 5.75 Å². The van der Waals surface area contributed by atoms with Crippen molar-refractivity contribution in [1.82, 2.24) is 15.5 Å². The molecule has 1 aromatic heterocycles. The van der Waals surface area contributed by atoms with Gasteiger partial charge in [-0.3, -0.25) is 9.89 Å². The number of benzene rings is 1. The van der Waals surface area contributed by atoms with Crippen LogP contribution in [0.5, 0.6) is 5.75 Å². The fourth-order valence-corrected chi connectivity index (χ4v) is 2.36. The molecule has 2 N–H and O–H groups in total. The molecule has 2 aromatic rings. The number of nitrogens with one attached hydrogen (secondary N) is 2. The van der Waals surface area contributed by atoms with Crippen LogP contribution < -0.4 is 15.4 Å². The van der Waals surface area contributed by atoms with Gasteiger partial charge in [-0.2, -0.15) is 0 Å². The van der Waals surface area contributed by atoms with Crippen molar-refractivity contribution < 1.29 is 9.15 Å². The van der Waals surface area contributed by atoms with Crippen LogP contribution in [0.4, 0.5) is 0 Å². The molecule has 0 spiro atoms. The number of guanidine groups is 1.